The average molecular weight is 257 g/mol. The molecule has 0 fully saturated rings. The van der Waals surface area contributed by atoms with Crippen molar-refractivity contribution in [3.63, 3.8) is 0 Å². The Morgan fingerprint density at radius 2 is 1.63 bits per heavy atom. The van der Waals surface area contributed by atoms with Crippen LogP contribution in [0.25, 0.3) is 0 Å². The molecule has 1 heterocycles. The van der Waals surface area contributed by atoms with Crippen LogP contribution in [0.4, 0.5) is 0 Å². The fourth-order valence-corrected chi connectivity index (χ4v) is 1.76. The van der Waals surface area contributed by atoms with Gasteiger partial charge in [0.1, 0.15) is 0 Å². The van der Waals surface area contributed by atoms with Gasteiger partial charge in [0, 0.05) is 31.1 Å². The number of hydrogen-bond acceptors (Lipinski definition) is 3. The molecule has 0 aliphatic heterocycles. The fraction of sp³-hybridized carbons (Fsp3) is 0.143. The van der Waals surface area contributed by atoms with Crippen LogP contribution in [0.5, 0.6) is 0 Å². The Bertz CT molecular complexity index is 597. The molecular weight excluding hydrogens is 242 g/mol. The Balaban J connectivity index is 2.04. The molecule has 0 saturated heterocycles. The first-order valence-electron chi connectivity index (χ1n) is 5.91. The highest BCUT2D eigenvalue weighted by molar-refractivity contribution is 5.77. The summed E-state index contributed by atoms with van der Waals surface area (Å²) in [7, 11) is 0. The SMILES string of the molecule is NNC(=O)Cc1ccc(Cn2ccc(=O)cc2)cc1. The van der Waals surface area contributed by atoms with Gasteiger partial charge in [-0.15, -0.1) is 0 Å². The molecule has 0 spiro atoms. The van der Waals surface area contributed by atoms with Crippen molar-refractivity contribution in [2.24, 2.45) is 5.84 Å². The van der Waals surface area contributed by atoms with E-state index in [2.05, 4.69) is 5.43 Å². The number of pyridine rings is 1. The van der Waals surface area contributed by atoms with E-state index in [0.29, 0.717) is 6.54 Å². The van der Waals surface area contributed by atoms with Crippen molar-refractivity contribution in [3.05, 3.63) is 70.1 Å². The third-order valence-electron chi connectivity index (χ3n) is 2.77. The van der Waals surface area contributed by atoms with E-state index < -0.39 is 0 Å². The summed E-state index contributed by atoms with van der Waals surface area (Å²) < 4.78 is 1.92. The van der Waals surface area contributed by atoms with Gasteiger partial charge in [-0.3, -0.25) is 15.0 Å². The van der Waals surface area contributed by atoms with Crippen LogP contribution in [-0.2, 0) is 17.8 Å². The number of carbonyl (C=O) groups is 1. The fourth-order valence-electron chi connectivity index (χ4n) is 1.76. The van der Waals surface area contributed by atoms with Crippen molar-refractivity contribution in [1.29, 1.82) is 0 Å². The first-order valence-corrected chi connectivity index (χ1v) is 5.91. The molecule has 2 aromatic rings. The molecule has 98 valence electrons. The maximum Gasteiger partial charge on any atom is 0.238 e. The van der Waals surface area contributed by atoms with Crippen LogP contribution in [0.15, 0.2) is 53.6 Å². The quantitative estimate of drug-likeness (QED) is 0.473. The number of benzene rings is 1. The lowest BCUT2D eigenvalue weighted by Crippen LogP contribution is -2.31. The van der Waals surface area contributed by atoms with E-state index in [4.69, 9.17) is 5.84 Å². The molecule has 3 N–H and O–H groups in total. The molecule has 0 bridgehead atoms. The summed E-state index contributed by atoms with van der Waals surface area (Å²) in [6.07, 6.45) is 3.77. The highest BCUT2D eigenvalue weighted by atomic mass is 16.2. The topological polar surface area (TPSA) is 77.1 Å². The third kappa shape index (κ3) is 3.79. The van der Waals surface area contributed by atoms with Gasteiger partial charge in [-0.2, -0.15) is 0 Å². The maximum absolute atomic E-state index is 11.1. The first kappa shape index (κ1) is 13.0. The van der Waals surface area contributed by atoms with E-state index in [1.807, 2.05) is 28.8 Å². The molecule has 19 heavy (non-hydrogen) atoms. The van der Waals surface area contributed by atoms with Crippen LogP contribution in [0, 0.1) is 0 Å². The van der Waals surface area contributed by atoms with E-state index in [9.17, 15) is 9.59 Å². The molecule has 0 aliphatic rings. The molecule has 1 aromatic heterocycles. The molecule has 2 rings (SSSR count). The zero-order valence-electron chi connectivity index (χ0n) is 10.4. The van der Waals surface area contributed by atoms with Gasteiger partial charge < -0.3 is 4.57 Å². The van der Waals surface area contributed by atoms with Gasteiger partial charge in [0.2, 0.25) is 5.91 Å². The van der Waals surface area contributed by atoms with E-state index in [0.717, 1.165) is 11.1 Å². The number of hydrazine groups is 1. The van der Waals surface area contributed by atoms with Crippen LogP contribution in [0.1, 0.15) is 11.1 Å². The lowest BCUT2D eigenvalue weighted by Gasteiger charge is -2.07. The van der Waals surface area contributed by atoms with Crippen molar-refractivity contribution in [2.75, 3.05) is 0 Å². The lowest BCUT2D eigenvalue weighted by molar-refractivity contribution is -0.120. The average Bonchev–Trinajstić information content (AvgIpc) is 2.43. The second-order valence-corrected chi connectivity index (χ2v) is 4.27. The lowest BCUT2D eigenvalue weighted by atomic mass is 10.1. The Labute approximate surface area is 110 Å². The minimum atomic E-state index is -0.215. The highest BCUT2D eigenvalue weighted by Crippen LogP contribution is 2.06. The molecule has 1 amide bonds. The predicted molar refractivity (Wildman–Crippen MR) is 72.3 cm³/mol. The summed E-state index contributed by atoms with van der Waals surface area (Å²) in [6, 6.07) is 10.8. The minimum Gasteiger partial charge on any atom is -0.350 e. The summed E-state index contributed by atoms with van der Waals surface area (Å²) in [5.41, 5.74) is 4.11. The van der Waals surface area contributed by atoms with Crippen LogP contribution in [-0.4, -0.2) is 10.5 Å². The summed E-state index contributed by atoms with van der Waals surface area (Å²) in [5.74, 6) is 4.82. The van der Waals surface area contributed by atoms with E-state index in [-0.39, 0.29) is 17.8 Å². The molecule has 1 aromatic carbocycles. The normalized spacial score (nSPS) is 10.2. The van der Waals surface area contributed by atoms with Crippen LogP contribution >= 0.6 is 0 Å². The number of hydrogen-bond donors (Lipinski definition) is 2. The van der Waals surface area contributed by atoms with Gasteiger partial charge in [-0.1, -0.05) is 24.3 Å². The standard InChI is InChI=1S/C14H15N3O2/c15-16-14(19)9-11-1-3-12(4-2-11)10-17-7-5-13(18)6-8-17/h1-8H,9-10,15H2,(H,16,19). The first-order chi connectivity index (χ1) is 9.17. The number of rotatable bonds is 4. The second-order valence-electron chi connectivity index (χ2n) is 4.27. The van der Waals surface area contributed by atoms with Crippen molar-refractivity contribution >= 4 is 5.91 Å². The van der Waals surface area contributed by atoms with Crippen molar-refractivity contribution in [3.8, 4) is 0 Å². The Morgan fingerprint density at radius 3 is 2.21 bits per heavy atom. The molecule has 0 saturated carbocycles. The van der Waals surface area contributed by atoms with Crippen molar-refractivity contribution in [1.82, 2.24) is 9.99 Å². The molecule has 5 heteroatoms. The minimum absolute atomic E-state index is 0.000560. The largest absolute Gasteiger partial charge is 0.350 e. The number of nitrogens with one attached hydrogen (secondary N) is 1. The Hall–Kier alpha value is -2.40. The zero-order chi connectivity index (χ0) is 13.7. The number of aromatic nitrogens is 1. The number of amides is 1. The molecule has 0 atom stereocenters. The smallest absolute Gasteiger partial charge is 0.238 e. The van der Waals surface area contributed by atoms with Crippen LogP contribution in [0.2, 0.25) is 0 Å². The number of carbonyl (C=O) groups excluding carboxylic acids is 1. The van der Waals surface area contributed by atoms with E-state index >= 15 is 0 Å². The van der Waals surface area contributed by atoms with E-state index in [1.54, 1.807) is 12.4 Å². The van der Waals surface area contributed by atoms with Gasteiger partial charge in [0.15, 0.2) is 5.43 Å². The van der Waals surface area contributed by atoms with Gasteiger partial charge in [-0.05, 0) is 11.1 Å². The van der Waals surface area contributed by atoms with Crippen LogP contribution in [0.3, 0.4) is 0 Å². The van der Waals surface area contributed by atoms with Gasteiger partial charge in [0.25, 0.3) is 0 Å². The Morgan fingerprint density at radius 1 is 1.05 bits per heavy atom. The molecular formula is C14H15N3O2. The van der Waals surface area contributed by atoms with Gasteiger partial charge in [-0.25, -0.2) is 5.84 Å². The van der Waals surface area contributed by atoms with Crippen LogP contribution < -0.4 is 16.7 Å². The summed E-state index contributed by atoms with van der Waals surface area (Å²) >= 11 is 0. The predicted octanol–water partition coefficient (Wildman–Crippen LogP) is 0.429. The van der Waals surface area contributed by atoms with E-state index in [1.165, 1.54) is 12.1 Å². The Kier molecular flexibility index (Phi) is 4.10. The molecule has 0 unspecified atom stereocenters. The summed E-state index contributed by atoms with van der Waals surface area (Å²) in [4.78, 5) is 22.1. The maximum atomic E-state index is 11.1. The number of nitrogens with zero attached hydrogens (tertiary/aromatic N) is 1. The molecule has 0 aliphatic carbocycles. The molecule has 0 radical (unpaired) electrons. The van der Waals surface area contributed by atoms with Gasteiger partial charge in [0.05, 0.1) is 6.42 Å². The number of nitrogens with two attached hydrogens (primary N) is 1. The third-order valence-corrected chi connectivity index (χ3v) is 2.77. The summed E-state index contributed by atoms with van der Waals surface area (Å²) in [5, 5.41) is 0. The van der Waals surface area contributed by atoms with Gasteiger partial charge >= 0.3 is 0 Å². The monoisotopic (exact) mass is 257 g/mol. The summed E-state index contributed by atoms with van der Waals surface area (Å²) in [6.45, 7) is 0.684. The second kappa shape index (κ2) is 5.97. The van der Waals surface area contributed by atoms with Crippen molar-refractivity contribution < 1.29 is 4.79 Å². The zero-order valence-corrected chi connectivity index (χ0v) is 10.4. The molecule has 5 nitrogen and oxygen atoms in total. The van der Waals surface area contributed by atoms with Crippen molar-refractivity contribution in [2.45, 2.75) is 13.0 Å². The highest BCUT2D eigenvalue weighted by Gasteiger charge is 2.01.